The monoisotopic (exact) mass is 383 g/mol. The fourth-order valence-corrected chi connectivity index (χ4v) is 3.25. The lowest BCUT2D eigenvalue weighted by Gasteiger charge is -2.38. The first-order chi connectivity index (χ1) is 11.0. The van der Waals surface area contributed by atoms with Crippen LogP contribution in [0.3, 0.4) is 0 Å². The molecule has 1 heterocycles. The molecule has 1 aliphatic rings. The molecule has 1 aromatic carbocycles. The molecule has 6 heteroatoms. The predicted octanol–water partition coefficient (Wildman–Crippen LogP) is 3.16. The molecule has 0 saturated carbocycles. The van der Waals surface area contributed by atoms with E-state index in [1.54, 1.807) is 12.1 Å². The van der Waals surface area contributed by atoms with E-state index < -0.39 is 5.97 Å². The van der Waals surface area contributed by atoms with E-state index in [-0.39, 0.29) is 31.2 Å². The van der Waals surface area contributed by atoms with Gasteiger partial charge in [-0.05, 0) is 51.3 Å². The molecule has 2 unspecified atom stereocenters. The van der Waals surface area contributed by atoms with Gasteiger partial charge in [-0.2, -0.15) is 0 Å². The van der Waals surface area contributed by atoms with Crippen LogP contribution >= 0.6 is 15.9 Å². The Morgan fingerprint density at radius 3 is 2.57 bits per heavy atom. The van der Waals surface area contributed by atoms with E-state index >= 15 is 0 Å². The summed E-state index contributed by atoms with van der Waals surface area (Å²) in [6.07, 6.45) is 3.12. The molecule has 1 fully saturated rings. The smallest absolute Gasteiger partial charge is 0.344 e. The van der Waals surface area contributed by atoms with Crippen molar-refractivity contribution in [2.75, 3.05) is 13.2 Å². The van der Waals surface area contributed by atoms with Crippen molar-refractivity contribution >= 4 is 27.8 Å². The third-order valence-electron chi connectivity index (χ3n) is 3.99. The van der Waals surface area contributed by atoms with Gasteiger partial charge in [-0.3, -0.25) is 4.79 Å². The lowest BCUT2D eigenvalue weighted by molar-refractivity contribution is -0.156. The van der Waals surface area contributed by atoms with Gasteiger partial charge in [0.2, 0.25) is 0 Å². The second-order valence-corrected chi connectivity index (χ2v) is 6.75. The van der Waals surface area contributed by atoms with Gasteiger partial charge in [0.05, 0.1) is 0 Å². The third kappa shape index (κ3) is 5.23. The van der Waals surface area contributed by atoms with Crippen molar-refractivity contribution in [3.05, 3.63) is 28.7 Å². The molecule has 2 atom stereocenters. The Bertz CT molecular complexity index is 553. The molecule has 0 aliphatic carbocycles. The molecular formula is C17H22BrNO4. The highest BCUT2D eigenvalue weighted by atomic mass is 79.9. The summed E-state index contributed by atoms with van der Waals surface area (Å²) in [4.78, 5) is 25.8. The highest BCUT2D eigenvalue weighted by Crippen LogP contribution is 2.22. The van der Waals surface area contributed by atoms with E-state index in [0.717, 1.165) is 23.7 Å². The van der Waals surface area contributed by atoms with Gasteiger partial charge in [0.15, 0.2) is 13.2 Å². The van der Waals surface area contributed by atoms with Crippen LogP contribution in [-0.4, -0.2) is 42.1 Å². The van der Waals surface area contributed by atoms with Crippen LogP contribution in [0.5, 0.6) is 5.75 Å². The van der Waals surface area contributed by atoms with Crippen LogP contribution in [0.1, 0.15) is 33.1 Å². The van der Waals surface area contributed by atoms with Gasteiger partial charge in [0.25, 0.3) is 5.91 Å². The van der Waals surface area contributed by atoms with Crippen LogP contribution < -0.4 is 4.74 Å². The Morgan fingerprint density at radius 2 is 1.91 bits per heavy atom. The number of piperidine rings is 1. The van der Waals surface area contributed by atoms with Crippen molar-refractivity contribution in [1.29, 1.82) is 0 Å². The van der Waals surface area contributed by atoms with Gasteiger partial charge in [0.1, 0.15) is 5.75 Å². The molecular weight excluding hydrogens is 362 g/mol. The highest BCUT2D eigenvalue weighted by Gasteiger charge is 2.29. The topological polar surface area (TPSA) is 55.8 Å². The van der Waals surface area contributed by atoms with E-state index in [0.29, 0.717) is 5.75 Å². The number of ether oxygens (including phenoxy) is 2. The van der Waals surface area contributed by atoms with Crippen LogP contribution in [-0.2, 0) is 14.3 Å². The molecule has 5 nitrogen and oxygen atoms in total. The van der Waals surface area contributed by atoms with Crippen LogP contribution in [0, 0.1) is 0 Å². The van der Waals surface area contributed by atoms with E-state index in [9.17, 15) is 9.59 Å². The minimum atomic E-state index is -0.546. The number of nitrogens with zero attached hydrogens (tertiary/aromatic N) is 1. The number of rotatable bonds is 5. The predicted molar refractivity (Wildman–Crippen MR) is 90.2 cm³/mol. The van der Waals surface area contributed by atoms with Gasteiger partial charge in [-0.1, -0.05) is 22.0 Å². The van der Waals surface area contributed by atoms with Gasteiger partial charge < -0.3 is 14.4 Å². The van der Waals surface area contributed by atoms with E-state index in [1.165, 1.54) is 0 Å². The number of benzene rings is 1. The van der Waals surface area contributed by atoms with E-state index in [4.69, 9.17) is 9.47 Å². The zero-order valence-corrected chi connectivity index (χ0v) is 15.0. The van der Waals surface area contributed by atoms with Crippen LogP contribution in [0.15, 0.2) is 28.7 Å². The lowest BCUT2D eigenvalue weighted by Crippen LogP contribution is -2.49. The Hall–Kier alpha value is -1.56. The molecule has 1 saturated heterocycles. The maximum Gasteiger partial charge on any atom is 0.344 e. The van der Waals surface area contributed by atoms with Crippen LogP contribution in [0.4, 0.5) is 0 Å². The number of hydrogen-bond donors (Lipinski definition) is 0. The molecule has 0 aromatic heterocycles. The van der Waals surface area contributed by atoms with Crippen molar-refractivity contribution < 1.29 is 19.1 Å². The lowest BCUT2D eigenvalue weighted by atomic mass is 9.97. The van der Waals surface area contributed by atoms with E-state index in [1.807, 2.05) is 30.9 Å². The summed E-state index contributed by atoms with van der Waals surface area (Å²) in [5.74, 6) is -0.114. The number of likely N-dealkylation sites (tertiary alicyclic amines) is 1. The number of amides is 1. The second kappa shape index (κ2) is 8.34. The summed E-state index contributed by atoms with van der Waals surface area (Å²) < 4.78 is 11.2. The summed E-state index contributed by atoms with van der Waals surface area (Å²) in [5.41, 5.74) is 0. The molecule has 0 bridgehead atoms. The maximum atomic E-state index is 12.2. The minimum Gasteiger partial charge on any atom is -0.482 e. The molecule has 0 N–H and O–H groups in total. The summed E-state index contributed by atoms with van der Waals surface area (Å²) in [5, 5.41) is 0. The number of carbonyl (C=O) groups is 2. The van der Waals surface area contributed by atoms with Crippen LogP contribution in [0.25, 0.3) is 0 Å². The molecule has 1 aliphatic heterocycles. The van der Waals surface area contributed by atoms with Crippen molar-refractivity contribution in [2.45, 2.75) is 45.2 Å². The first-order valence-electron chi connectivity index (χ1n) is 7.82. The van der Waals surface area contributed by atoms with Gasteiger partial charge in [0, 0.05) is 16.6 Å². The minimum absolute atomic E-state index is 0.138. The number of esters is 1. The molecule has 126 valence electrons. The average Bonchev–Trinajstić information content (AvgIpc) is 2.51. The number of hydrogen-bond acceptors (Lipinski definition) is 4. The zero-order valence-electron chi connectivity index (χ0n) is 13.5. The zero-order chi connectivity index (χ0) is 16.8. The standard InChI is InChI=1S/C17H22BrNO4/c1-12-5-3-6-13(2)19(12)16(20)10-23-17(21)11-22-15-8-4-7-14(18)9-15/h4,7-9,12-13H,3,5-6,10-11H2,1-2H3. The van der Waals surface area contributed by atoms with Gasteiger partial charge >= 0.3 is 5.97 Å². The molecule has 1 aromatic rings. The third-order valence-corrected chi connectivity index (χ3v) is 4.48. The Kier molecular flexibility index (Phi) is 6.45. The SMILES string of the molecule is CC1CCCC(C)N1C(=O)COC(=O)COc1cccc(Br)c1. The Labute approximate surface area is 145 Å². The molecule has 0 spiro atoms. The highest BCUT2D eigenvalue weighted by molar-refractivity contribution is 9.10. The summed E-state index contributed by atoms with van der Waals surface area (Å²) in [7, 11) is 0. The Balaban J connectivity index is 1.76. The quantitative estimate of drug-likeness (QED) is 0.732. The van der Waals surface area contributed by atoms with Gasteiger partial charge in [-0.15, -0.1) is 0 Å². The molecule has 1 amide bonds. The fourth-order valence-electron chi connectivity index (χ4n) is 2.87. The second-order valence-electron chi connectivity index (χ2n) is 5.84. The summed E-state index contributed by atoms with van der Waals surface area (Å²) >= 11 is 3.33. The number of carbonyl (C=O) groups excluding carboxylic acids is 2. The summed E-state index contributed by atoms with van der Waals surface area (Å²) in [6, 6.07) is 7.58. The Morgan fingerprint density at radius 1 is 1.22 bits per heavy atom. The maximum absolute atomic E-state index is 12.2. The molecule has 2 rings (SSSR count). The van der Waals surface area contributed by atoms with Crippen molar-refractivity contribution in [2.24, 2.45) is 0 Å². The van der Waals surface area contributed by atoms with Crippen LogP contribution in [0.2, 0.25) is 0 Å². The van der Waals surface area contributed by atoms with Crippen molar-refractivity contribution in [1.82, 2.24) is 4.90 Å². The fraction of sp³-hybridized carbons (Fsp3) is 0.529. The molecule has 23 heavy (non-hydrogen) atoms. The van der Waals surface area contributed by atoms with E-state index in [2.05, 4.69) is 15.9 Å². The van der Waals surface area contributed by atoms with Gasteiger partial charge in [-0.25, -0.2) is 4.79 Å². The number of halogens is 1. The summed E-state index contributed by atoms with van der Waals surface area (Å²) in [6.45, 7) is 3.63. The van der Waals surface area contributed by atoms with Crippen molar-refractivity contribution in [3.63, 3.8) is 0 Å². The van der Waals surface area contributed by atoms with Crippen molar-refractivity contribution in [3.8, 4) is 5.75 Å². The average molecular weight is 384 g/mol. The first-order valence-corrected chi connectivity index (χ1v) is 8.62. The first kappa shape index (κ1) is 17.8. The normalized spacial score (nSPS) is 20.9. The largest absolute Gasteiger partial charge is 0.482 e. The molecule has 0 radical (unpaired) electrons.